The van der Waals surface area contributed by atoms with Crippen LogP contribution in [0.1, 0.15) is 130 Å². The molecule has 0 radical (unpaired) electrons. The van der Waals surface area contributed by atoms with Crippen LogP contribution in [-0.2, 0) is 42.9 Å². The number of carbonyl (C=O) groups is 4. The molecule has 11 heteroatoms. The fourth-order valence-corrected chi connectivity index (χ4v) is 4.58. The van der Waals surface area contributed by atoms with Gasteiger partial charge in [0.1, 0.15) is 19.8 Å². The minimum atomic E-state index is -1.03. The highest BCUT2D eigenvalue weighted by atomic mass is 16.6. The summed E-state index contributed by atoms with van der Waals surface area (Å²) < 4.78 is 26.3. The molecule has 0 aliphatic carbocycles. The zero-order valence-electron chi connectivity index (χ0n) is 28.7. The Morgan fingerprint density at radius 3 is 1.60 bits per heavy atom. The van der Waals surface area contributed by atoms with Crippen molar-refractivity contribution in [2.24, 2.45) is 5.92 Å². The summed E-state index contributed by atoms with van der Waals surface area (Å²) in [6.45, 7) is 9.27. The molecule has 0 bridgehead atoms. The van der Waals surface area contributed by atoms with Crippen LogP contribution in [0.5, 0.6) is 0 Å². The van der Waals surface area contributed by atoms with Gasteiger partial charge in [-0.3, -0.25) is 19.2 Å². The number of rotatable bonds is 31. The minimum Gasteiger partial charge on any atom is -0.469 e. The molecule has 0 spiro atoms. The number of esters is 4. The Morgan fingerprint density at radius 2 is 1.07 bits per heavy atom. The molecule has 0 aliphatic heterocycles. The normalized spacial score (nSPS) is 12.5. The second kappa shape index (κ2) is 30.4. The van der Waals surface area contributed by atoms with E-state index < -0.39 is 18.2 Å². The van der Waals surface area contributed by atoms with Crippen molar-refractivity contribution < 1.29 is 48.0 Å². The fraction of sp³-hybridized carbons (Fsp3) is 0.882. The van der Waals surface area contributed by atoms with E-state index >= 15 is 0 Å². The fourth-order valence-electron chi connectivity index (χ4n) is 4.58. The Hall–Kier alpha value is -2.24. The first-order valence-corrected chi connectivity index (χ1v) is 17.3. The molecular weight excluding hydrogens is 582 g/mol. The van der Waals surface area contributed by atoms with E-state index in [9.17, 15) is 24.3 Å². The van der Waals surface area contributed by atoms with Gasteiger partial charge in [0.2, 0.25) is 0 Å². The maximum atomic E-state index is 12.3. The molecule has 0 aromatic rings. The highest BCUT2D eigenvalue weighted by Crippen LogP contribution is 2.11. The Labute approximate surface area is 272 Å². The number of aliphatic hydroxyl groups is 1. The average molecular weight is 646 g/mol. The summed E-state index contributed by atoms with van der Waals surface area (Å²) in [5.74, 6) is -1.93. The van der Waals surface area contributed by atoms with Crippen molar-refractivity contribution in [2.75, 3.05) is 53.2 Å². The van der Waals surface area contributed by atoms with Crippen LogP contribution < -0.4 is 0 Å². The molecule has 2 atom stereocenters. The summed E-state index contributed by atoms with van der Waals surface area (Å²) in [5, 5.41) is 10.0. The molecule has 0 fully saturated rings. The second-order valence-electron chi connectivity index (χ2n) is 11.5. The van der Waals surface area contributed by atoms with Crippen LogP contribution in [-0.4, -0.2) is 93.3 Å². The number of carbonyl (C=O) groups excluding carboxylic acids is 4. The van der Waals surface area contributed by atoms with Crippen LogP contribution in [0.15, 0.2) is 0 Å². The van der Waals surface area contributed by atoms with Crippen molar-refractivity contribution in [3.8, 4) is 0 Å². The van der Waals surface area contributed by atoms with E-state index in [4.69, 9.17) is 18.9 Å². The molecule has 11 nitrogen and oxygen atoms in total. The molecule has 0 aromatic carbocycles. The van der Waals surface area contributed by atoms with E-state index in [0.29, 0.717) is 25.9 Å². The van der Waals surface area contributed by atoms with Crippen molar-refractivity contribution in [2.45, 2.75) is 136 Å². The van der Waals surface area contributed by atoms with E-state index in [0.717, 1.165) is 64.6 Å². The van der Waals surface area contributed by atoms with Crippen LogP contribution in [0, 0.1) is 5.92 Å². The maximum absolute atomic E-state index is 12.3. The summed E-state index contributed by atoms with van der Waals surface area (Å²) in [6, 6.07) is 0. The lowest BCUT2D eigenvalue weighted by molar-refractivity contribution is -0.155. The molecule has 0 aliphatic rings. The molecule has 0 amide bonds. The summed E-state index contributed by atoms with van der Waals surface area (Å²) in [4.78, 5) is 50.3. The summed E-state index contributed by atoms with van der Waals surface area (Å²) in [5.41, 5.74) is 0. The Kier molecular flexibility index (Phi) is 28.9. The average Bonchev–Trinajstić information content (AvgIpc) is 3.04. The molecule has 0 rings (SSSR count). The highest BCUT2D eigenvalue weighted by molar-refractivity contribution is 5.70. The Morgan fingerprint density at radius 1 is 0.600 bits per heavy atom. The third-order valence-electron chi connectivity index (χ3n) is 7.58. The lowest BCUT2D eigenvalue weighted by Gasteiger charge is -2.19. The molecule has 1 N–H and O–H groups in total. The smallest absolute Gasteiger partial charge is 0.305 e. The first kappa shape index (κ1) is 42.8. The quantitative estimate of drug-likeness (QED) is 0.0428. The van der Waals surface area contributed by atoms with E-state index in [2.05, 4.69) is 30.4 Å². The van der Waals surface area contributed by atoms with Crippen LogP contribution >= 0.6 is 0 Å². The van der Waals surface area contributed by atoms with Crippen molar-refractivity contribution in [1.29, 1.82) is 0 Å². The third kappa shape index (κ3) is 27.8. The van der Waals surface area contributed by atoms with Gasteiger partial charge in [-0.25, -0.2) is 0 Å². The van der Waals surface area contributed by atoms with E-state index in [1.165, 1.54) is 26.4 Å². The molecule has 0 saturated carbocycles. The van der Waals surface area contributed by atoms with Gasteiger partial charge < -0.3 is 33.7 Å². The Balaban J connectivity index is 4.50. The maximum Gasteiger partial charge on any atom is 0.305 e. The predicted octanol–water partition coefficient (Wildman–Crippen LogP) is 5.73. The van der Waals surface area contributed by atoms with E-state index in [-0.39, 0.29) is 63.4 Å². The number of methoxy groups -OCH3 is 1. The van der Waals surface area contributed by atoms with Gasteiger partial charge in [-0.1, -0.05) is 72.1 Å². The van der Waals surface area contributed by atoms with Gasteiger partial charge in [-0.05, 0) is 45.3 Å². The largest absolute Gasteiger partial charge is 0.469 e. The van der Waals surface area contributed by atoms with Crippen molar-refractivity contribution in [3.63, 3.8) is 0 Å². The van der Waals surface area contributed by atoms with Gasteiger partial charge in [0.15, 0.2) is 6.29 Å². The lowest BCUT2D eigenvalue weighted by atomic mass is 10.1. The van der Waals surface area contributed by atoms with Crippen molar-refractivity contribution >= 4 is 23.9 Å². The topological polar surface area (TPSA) is 138 Å². The number of hydrogen-bond donors (Lipinski definition) is 1. The summed E-state index contributed by atoms with van der Waals surface area (Å²) in [7, 11) is 1.38. The second-order valence-corrected chi connectivity index (χ2v) is 11.5. The monoisotopic (exact) mass is 645 g/mol. The van der Waals surface area contributed by atoms with Gasteiger partial charge in [0, 0.05) is 32.3 Å². The van der Waals surface area contributed by atoms with E-state index in [1.807, 2.05) is 0 Å². The molecule has 0 saturated heterocycles. The van der Waals surface area contributed by atoms with E-state index in [1.54, 1.807) is 0 Å². The first-order chi connectivity index (χ1) is 21.7. The van der Waals surface area contributed by atoms with Gasteiger partial charge in [0.25, 0.3) is 0 Å². The molecule has 45 heavy (non-hydrogen) atoms. The first-order valence-electron chi connectivity index (χ1n) is 17.3. The molecule has 0 aromatic heterocycles. The lowest BCUT2D eigenvalue weighted by Crippen LogP contribution is -2.27. The molecule has 2 unspecified atom stereocenters. The predicted molar refractivity (Wildman–Crippen MR) is 172 cm³/mol. The SMILES string of the molecule is CCCCCCCCOC(O)CCC(=O)OCC(COC(=O)CCCCCCCC(=O)OC)COC(=O)CCCN(CC)CC. The third-order valence-corrected chi connectivity index (χ3v) is 7.58. The zero-order chi connectivity index (χ0) is 33.5. The number of unbranched alkanes of at least 4 members (excludes halogenated alkanes) is 9. The standard InChI is InChI=1S/C34H63NO10/c1-5-8-9-10-14-17-25-42-33(39)22-23-34(40)45-28-29(27-44-32(38)21-18-24-35(6-2)7-3)26-43-31(37)20-16-13-11-12-15-19-30(36)41-4/h29,33,39H,5-28H2,1-4H3. The molecular formula is C34H63NO10. The van der Waals surface area contributed by atoms with Gasteiger partial charge in [0.05, 0.1) is 19.4 Å². The minimum absolute atomic E-state index is 0.0189. The van der Waals surface area contributed by atoms with Crippen molar-refractivity contribution in [1.82, 2.24) is 4.90 Å². The van der Waals surface area contributed by atoms with Crippen LogP contribution in [0.2, 0.25) is 0 Å². The number of hydrogen-bond acceptors (Lipinski definition) is 11. The highest BCUT2D eigenvalue weighted by Gasteiger charge is 2.19. The zero-order valence-corrected chi connectivity index (χ0v) is 28.7. The van der Waals surface area contributed by atoms with Crippen molar-refractivity contribution in [3.05, 3.63) is 0 Å². The van der Waals surface area contributed by atoms with Gasteiger partial charge >= 0.3 is 23.9 Å². The van der Waals surface area contributed by atoms with Gasteiger partial charge in [-0.15, -0.1) is 0 Å². The number of ether oxygens (including phenoxy) is 5. The van der Waals surface area contributed by atoms with Gasteiger partial charge in [-0.2, -0.15) is 0 Å². The van der Waals surface area contributed by atoms with Crippen LogP contribution in [0.4, 0.5) is 0 Å². The van der Waals surface area contributed by atoms with Crippen LogP contribution in [0.25, 0.3) is 0 Å². The van der Waals surface area contributed by atoms with Crippen LogP contribution in [0.3, 0.4) is 0 Å². The molecule has 0 heterocycles. The Bertz CT molecular complexity index is 759. The molecule has 264 valence electrons. The summed E-state index contributed by atoms with van der Waals surface area (Å²) >= 11 is 0. The summed E-state index contributed by atoms with van der Waals surface area (Å²) in [6.07, 6.45) is 11.5. The number of aliphatic hydroxyl groups excluding tert-OH is 1. The number of nitrogens with zero attached hydrogens (tertiary/aromatic N) is 1.